The van der Waals surface area contributed by atoms with Gasteiger partial charge in [-0.2, -0.15) is 0 Å². The van der Waals surface area contributed by atoms with Crippen LogP contribution in [0.2, 0.25) is 0 Å². The van der Waals surface area contributed by atoms with Gasteiger partial charge in [-0.05, 0) is 38.8 Å². The molecule has 0 saturated carbocycles. The zero-order chi connectivity index (χ0) is 12.6. The standard InChI is InChI=1S/C14H17ClN2/c1-8-5-9(2)13(10(3)6-8)14-11(4)16-12(7-15)17-14/h5-6H,7H2,1-4H3,(H,16,17). The number of rotatable bonds is 2. The molecule has 0 atom stereocenters. The number of imidazole rings is 1. The second-order valence-electron chi connectivity index (χ2n) is 4.56. The summed E-state index contributed by atoms with van der Waals surface area (Å²) in [6.07, 6.45) is 0. The van der Waals surface area contributed by atoms with Gasteiger partial charge in [0.05, 0.1) is 11.6 Å². The van der Waals surface area contributed by atoms with Crippen LogP contribution in [0.25, 0.3) is 11.3 Å². The molecule has 90 valence electrons. The van der Waals surface area contributed by atoms with Crippen LogP contribution < -0.4 is 0 Å². The molecule has 3 heteroatoms. The summed E-state index contributed by atoms with van der Waals surface area (Å²) >= 11 is 5.81. The lowest BCUT2D eigenvalue weighted by atomic mass is 9.96. The number of aromatic nitrogens is 2. The number of H-pyrrole nitrogens is 1. The van der Waals surface area contributed by atoms with Crippen molar-refractivity contribution in [1.29, 1.82) is 0 Å². The van der Waals surface area contributed by atoms with Gasteiger partial charge in [0.15, 0.2) is 0 Å². The predicted octanol–water partition coefficient (Wildman–Crippen LogP) is 4.05. The first kappa shape index (κ1) is 12.2. The maximum Gasteiger partial charge on any atom is 0.121 e. The Morgan fingerprint density at radius 1 is 1.12 bits per heavy atom. The fourth-order valence-electron chi connectivity index (χ4n) is 2.38. The second-order valence-corrected chi connectivity index (χ2v) is 4.83. The lowest BCUT2D eigenvalue weighted by molar-refractivity contribution is 1.10. The Balaban J connectivity index is 2.63. The van der Waals surface area contributed by atoms with Crippen LogP contribution in [0.4, 0.5) is 0 Å². The first-order valence-corrected chi connectivity index (χ1v) is 6.26. The highest BCUT2D eigenvalue weighted by atomic mass is 35.5. The first-order valence-electron chi connectivity index (χ1n) is 5.72. The van der Waals surface area contributed by atoms with Crippen LogP contribution >= 0.6 is 11.6 Å². The molecule has 0 bridgehead atoms. The normalized spacial score (nSPS) is 10.9. The topological polar surface area (TPSA) is 28.7 Å². The number of hydrogen-bond acceptors (Lipinski definition) is 1. The quantitative estimate of drug-likeness (QED) is 0.798. The Hall–Kier alpha value is -1.28. The van der Waals surface area contributed by atoms with Crippen molar-refractivity contribution in [3.8, 4) is 11.3 Å². The number of nitrogens with one attached hydrogen (secondary N) is 1. The fourth-order valence-corrected chi connectivity index (χ4v) is 2.51. The van der Waals surface area contributed by atoms with Crippen molar-refractivity contribution in [2.75, 3.05) is 0 Å². The van der Waals surface area contributed by atoms with Gasteiger partial charge in [-0.1, -0.05) is 17.7 Å². The van der Waals surface area contributed by atoms with Gasteiger partial charge in [0.1, 0.15) is 5.82 Å². The Kier molecular flexibility index (Phi) is 3.25. The molecule has 1 aromatic carbocycles. The number of hydrogen-bond donors (Lipinski definition) is 1. The van der Waals surface area contributed by atoms with Crippen LogP contribution in [0.1, 0.15) is 28.2 Å². The van der Waals surface area contributed by atoms with Gasteiger partial charge in [-0.25, -0.2) is 4.98 Å². The van der Waals surface area contributed by atoms with Gasteiger partial charge in [-0.15, -0.1) is 11.6 Å². The molecular formula is C14H17ClN2. The van der Waals surface area contributed by atoms with E-state index < -0.39 is 0 Å². The van der Waals surface area contributed by atoms with Gasteiger partial charge in [0.2, 0.25) is 0 Å². The Morgan fingerprint density at radius 2 is 1.71 bits per heavy atom. The average molecular weight is 249 g/mol. The van der Waals surface area contributed by atoms with Crippen LogP contribution in [0, 0.1) is 27.7 Å². The number of nitrogens with zero attached hydrogens (tertiary/aromatic N) is 1. The molecule has 2 aromatic rings. The van der Waals surface area contributed by atoms with E-state index in [0.717, 1.165) is 17.2 Å². The summed E-state index contributed by atoms with van der Waals surface area (Å²) < 4.78 is 0. The van der Waals surface area contributed by atoms with E-state index in [1.807, 2.05) is 6.92 Å². The Morgan fingerprint density at radius 3 is 2.18 bits per heavy atom. The molecule has 1 N–H and O–H groups in total. The molecule has 0 aliphatic carbocycles. The number of aryl methyl sites for hydroxylation is 4. The predicted molar refractivity (Wildman–Crippen MR) is 72.5 cm³/mol. The van der Waals surface area contributed by atoms with Crippen molar-refractivity contribution in [1.82, 2.24) is 9.97 Å². The number of benzene rings is 1. The van der Waals surface area contributed by atoms with E-state index in [9.17, 15) is 0 Å². The van der Waals surface area contributed by atoms with E-state index >= 15 is 0 Å². The van der Waals surface area contributed by atoms with E-state index in [2.05, 4.69) is 42.9 Å². The molecule has 0 spiro atoms. The van der Waals surface area contributed by atoms with E-state index in [-0.39, 0.29) is 0 Å². The zero-order valence-electron chi connectivity index (χ0n) is 10.7. The van der Waals surface area contributed by atoms with Crippen LogP contribution in [-0.2, 0) is 5.88 Å². The van der Waals surface area contributed by atoms with Crippen LogP contribution in [0.15, 0.2) is 12.1 Å². The van der Waals surface area contributed by atoms with Crippen molar-refractivity contribution in [3.05, 3.63) is 40.3 Å². The van der Waals surface area contributed by atoms with E-state index in [1.165, 1.54) is 22.3 Å². The molecule has 17 heavy (non-hydrogen) atoms. The molecular weight excluding hydrogens is 232 g/mol. The van der Waals surface area contributed by atoms with E-state index in [0.29, 0.717) is 5.88 Å². The summed E-state index contributed by atoms with van der Waals surface area (Å²) in [5, 5.41) is 0. The average Bonchev–Trinajstić information content (AvgIpc) is 2.59. The molecule has 0 aliphatic heterocycles. The number of alkyl halides is 1. The highest BCUT2D eigenvalue weighted by Crippen LogP contribution is 2.29. The Bertz CT molecular complexity index is 532. The number of aromatic amines is 1. The molecule has 1 heterocycles. The van der Waals surface area contributed by atoms with Crippen molar-refractivity contribution < 1.29 is 0 Å². The fraction of sp³-hybridized carbons (Fsp3) is 0.357. The summed E-state index contributed by atoms with van der Waals surface area (Å²) in [5.41, 5.74) is 7.14. The van der Waals surface area contributed by atoms with Gasteiger partial charge in [-0.3, -0.25) is 0 Å². The summed E-state index contributed by atoms with van der Waals surface area (Å²) in [4.78, 5) is 7.78. The summed E-state index contributed by atoms with van der Waals surface area (Å²) in [6, 6.07) is 4.38. The monoisotopic (exact) mass is 248 g/mol. The Labute approximate surface area is 107 Å². The highest BCUT2D eigenvalue weighted by molar-refractivity contribution is 6.16. The smallest absolute Gasteiger partial charge is 0.121 e. The largest absolute Gasteiger partial charge is 0.345 e. The third kappa shape index (κ3) is 2.22. The molecule has 2 nitrogen and oxygen atoms in total. The molecule has 0 fully saturated rings. The van der Waals surface area contributed by atoms with Crippen molar-refractivity contribution >= 4 is 11.6 Å². The lowest BCUT2D eigenvalue weighted by Gasteiger charge is -2.09. The van der Waals surface area contributed by atoms with Gasteiger partial charge >= 0.3 is 0 Å². The summed E-state index contributed by atoms with van der Waals surface area (Å²) in [6.45, 7) is 8.41. The minimum atomic E-state index is 0.421. The van der Waals surface area contributed by atoms with Crippen molar-refractivity contribution in [3.63, 3.8) is 0 Å². The molecule has 0 unspecified atom stereocenters. The minimum absolute atomic E-state index is 0.421. The maximum absolute atomic E-state index is 5.81. The van der Waals surface area contributed by atoms with Gasteiger partial charge < -0.3 is 4.98 Å². The first-order chi connectivity index (χ1) is 8.02. The minimum Gasteiger partial charge on any atom is -0.345 e. The zero-order valence-corrected chi connectivity index (χ0v) is 11.4. The molecule has 0 aliphatic rings. The molecule has 2 rings (SSSR count). The van der Waals surface area contributed by atoms with Crippen molar-refractivity contribution in [2.24, 2.45) is 0 Å². The lowest BCUT2D eigenvalue weighted by Crippen LogP contribution is -1.92. The highest BCUT2D eigenvalue weighted by Gasteiger charge is 2.13. The molecule has 0 amide bonds. The second kappa shape index (κ2) is 4.53. The third-order valence-corrected chi connectivity index (χ3v) is 3.23. The van der Waals surface area contributed by atoms with Crippen LogP contribution in [0.3, 0.4) is 0 Å². The molecule has 0 saturated heterocycles. The molecule has 0 radical (unpaired) electrons. The number of halogens is 1. The molecule has 1 aromatic heterocycles. The van der Waals surface area contributed by atoms with E-state index in [4.69, 9.17) is 11.6 Å². The van der Waals surface area contributed by atoms with Gasteiger partial charge in [0, 0.05) is 11.3 Å². The van der Waals surface area contributed by atoms with Crippen molar-refractivity contribution in [2.45, 2.75) is 33.6 Å². The maximum atomic E-state index is 5.81. The van der Waals surface area contributed by atoms with E-state index in [1.54, 1.807) is 0 Å². The summed E-state index contributed by atoms with van der Waals surface area (Å²) in [7, 11) is 0. The third-order valence-electron chi connectivity index (χ3n) is 2.97. The summed E-state index contributed by atoms with van der Waals surface area (Å²) in [5.74, 6) is 1.25. The van der Waals surface area contributed by atoms with Gasteiger partial charge in [0.25, 0.3) is 0 Å². The SMILES string of the molecule is Cc1cc(C)c(-c2nc(CCl)[nH]c2C)c(C)c1. The van der Waals surface area contributed by atoms with Crippen LogP contribution in [0.5, 0.6) is 0 Å². The van der Waals surface area contributed by atoms with Crippen LogP contribution in [-0.4, -0.2) is 9.97 Å².